The average Bonchev–Trinajstić information content (AvgIpc) is 1.97. The Balaban J connectivity index is 4.33. The van der Waals surface area contributed by atoms with Crippen molar-refractivity contribution < 1.29 is 9.59 Å². The van der Waals surface area contributed by atoms with E-state index in [2.05, 4.69) is 10.7 Å². The van der Waals surface area contributed by atoms with Crippen LogP contribution in [-0.4, -0.2) is 37.0 Å². The average molecular weight is 201 g/mol. The van der Waals surface area contributed by atoms with Gasteiger partial charge in [0.05, 0.1) is 0 Å². The Labute approximate surface area is 84.8 Å². The summed E-state index contributed by atoms with van der Waals surface area (Å²) in [6, 6.07) is -0.477. The van der Waals surface area contributed by atoms with Gasteiger partial charge >= 0.3 is 0 Å². The largest absolute Gasteiger partial charge is 0.344 e. The van der Waals surface area contributed by atoms with Crippen molar-refractivity contribution in [1.82, 2.24) is 15.8 Å². The molecule has 0 unspecified atom stereocenters. The van der Waals surface area contributed by atoms with E-state index in [4.69, 9.17) is 0 Å². The number of amides is 2. The van der Waals surface area contributed by atoms with Gasteiger partial charge in [0.15, 0.2) is 0 Å². The molecule has 0 bridgehead atoms. The molecule has 0 aromatic heterocycles. The second kappa shape index (κ2) is 5.59. The quantitative estimate of drug-likeness (QED) is 0.616. The Morgan fingerprint density at radius 2 is 1.71 bits per heavy atom. The van der Waals surface area contributed by atoms with E-state index in [0.717, 1.165) is 0 Å². The molecule has 0 saturated heterocycles. The summed E-state index contributed by atoms with van der Waals surface area (Å²) in [4.78, 5) is 22.4. The molecule has 0 spiro atoms. The standard InChI is InChI=1S/C9H19N3O2/c1-6(2)8(10-7(3)13)9(14)11-12(4)5/h6,8H,1-5H3,(H,10,13)(H,11,14)/t8-/m0/s1. The van der Waals surface area contributed by atoms with E-state index < -0.39 is 6.04 Å². The van der Waals surface area contributed by atoms with Crippen molar-refractivity contribution in [2.24, 2.45) is 5.92 Å². The molecule has 0 aliphatic carbocycles. The summed E-state index contributed by atoms with van der Waals surface area (Å²) in [5.41, 5.74) is 2.61. The summed E-state index contributed by atoms with van der Waals surface area (Å²) in [7, 11) is 3.45. The third-order valence-corrected chi connectivity index (χ3v) is 1.64. The maximum absolute atomic E-state index is 11.6. The van der Waals surface area contributed by atoms with Gasteiger partial charge in [-0.2, -0.15) is 0 Å². The second-order valence-electron chi connectivity index (χ2n) is 3.79. The van der Waals surface area contributed by atoms with Gasteiger partial charge in [-0.3, -0.25) is 15.0 Å². The van der Waals surface area contributed by atoms with Gasteiger partial charge in [-0.05, 0) is 5.92 Å². The van der Waals surface area contributed by atoms with Crippen molar-refractivity contribution in [3.8, 4) is 0 Å². The lowest BCUT2D eigenvalue weighted by Gasteiger charge is -2.23. The molecule has 0 saturated carbocycles. The van der Waals surface area contributed by atoms with Crippen LogP contribution in [0.25, 0.3) is 0 Å². The summed E-state index contributed by atoms with van der Waals surface area (Å²) >= 11 is 0. The van der Waals surface area contributed by atoms with Gasteiger partial charge in [-0.25, -0.2) is 5.01 Å². The molecule has 0 heterocycles. The predicted molar refractivity (Wildman–Crippen MR) is 54.3 cm³/mol. The van der Waals surface area contributed by atoms with Crippen LogP contribution in [0.4, 0.5) is 0 Å². The molecular weight excluding hydrogens is 182 g/mol. The zero-order valence-corrected chi connectivity index (χ0v) is 9.42. The van der Waals surface area contributed by atoms with Crippen molar-refractivity contribution in [1.29, 1.82) is 0 Å². The van der Waals surface area contributed by atoms with E-state index >= 15 is 0 Å². The van der Waals surface area contributed by atoms with E-state index in [-0.39, 0.29) is 17.7 Å². The lowest BCUT2D eigenvalue weighted by molar-refractivity contribution is -0.131. The van der Waals surface area contributed by atoms with Gasteiger partial charge in [0.2, 0.25) is 5.91 Å². The van der Waals surface area contributed by atoms with Crippen LogP contribution in [0.1, 0.15) is 20.8 Å². The number of hydrogen-bond acceptors (Lipinski definition) is 3. The minimum atomic E-state index is -0.477. The van der Waals surface area contributed by atoms with Crippen LogP contribution in [0, 0.1) is 5.92 Å². The Morgan fingerprint density at radius 1 is 1.21 bits per heavy atom. The number of carbonyl (C=O) groups excluding carboxylic acids is 2. The van der Waals surface area contributed by atoms with E-state index in [9.17, 15) is 9.59 Å². The molecule has 0 aliphatic rings. The Hall–Kier alpha value is -1.10. The minimum absolute atomic E-state index is 0.0684. The van der Waals surface area contributed by atoms with E-state index in [1.165, 1.54) is 6.92 Å². The van der Waals surface area contributed by atoms with Gasteiger partial charge in [0.1, 0.15) is 6.04 Å². The number of hydrogen-bond donors (Lipinski definition) is 2. The molecule has 0 fully saturated rings. The van der Waals surface area contributed by atoms with Crippen LogP contribution in [0.15, 0.2) is 0 Å². The van der Waals surface area contributed by atoms with Crippen molar-refractivity contribution >= 4 is 11.8 Å². The monoisotopic (exact) mass is 201 g/mol. The fourth-order valence-corrected chi connectivity index (χ4v) is 1.04. The normalized spacial score (nSPS) is 12.8. The molecule has 0 aromatic rings. The number of nitrogens with one attached hydrogen (secondary N) is 2. The Bertz CT molecular complexity index is 214. The highest BCUT2D eigenvalue weighted by atomic mass is 16.2. The van der Waals surface area contributed by atoms with Crippen LogP contribution >= 0.6 is 0 Å². The minimum Gasteiger partial charge on any atom is -0.344 e. The van der Waals surface area contributed by atoms with Gasteiger partial charge in [0, 0.05) is 21.0 Å². The van der Waals surface area contributed by atoms with Crippen molar-refractivity contribution in [2.45, 2.75) is 26.8 Å². The smallest absolute Gasteiger partial charge is 0.257 e. The third-order valence-electron chi connectivity index (χ3n) is 1.64. The van der Waals surface area contributed by atoms with Crippen LogP contribution < -0.4 is 10.7 Å². The fourth-order valence-electron chi connectivity index (χ4n) is 1.04. The van der Waals surface area contributed by atoms with Crippen molar-refractivity contribution in [3.63, 3.8) is 0 Å². The van der Waals surface area contributed by atoms with Crippen molar-refractivity contribution in [3.05, 3.63) is 0 Å². The zero-order chi connectivity index (χ0) is 11.3. The SMILES string of the molecule is CC(=O)N[C@H](C(=O)NN(C)C)C(C)C. The summed E-state index contributed by atoms with van der Waals surface area (Å²) in [6.07, 6.45) is 0. The summed E-state index contributed by atoms with van der Waals surface area (Å²) in [6.45, 7) is 5.17. The molecule has 0 rings (SSSR count). The highest BCUT2D eigenvalue weighted by Crippen LogP contribution is 2.01. The molecule has 82 valence electrons. The fraction of sp³-hybridized carbons (Fsp3) is 0.778. The maximum atomic E-state index is 11.6. The number of carbonyl (C=O) groups is 2. The van der Waals surface area contributed by atoms with Crippen LogP contribution in [0.2, 0.25) is 0 Å². The van der Waals surface area contributed by atoms with Gasteiger partial charge in [-0.15, -0.1) is 0 Å². The summed E-state index contributed by atoms with van der Waals surface area (Å²) in [5.74, 6) is -0.323. The molecule has 2 amide bonds. The maximum Gasteiger partial charge on any atom is 0.257 e. The molecule has 0 radical (unpaired) electrons. The second-order valence-corrected chi connectivity index (χ2v) is 3.79. The van der Waals surface area contributed by atoms with Gasteiger partial charge in [-0.1, -0.05) is 13.8 Å². The Kier molecular flexibility index (Phi) is 5.15. The predicted octanol–water partition coefficient (Wildman–Crippen LogP) is -0.260. The third kappa shape index (κ3) is 4.81. The highest BCUT2D eigenvalue weighted by Gasteiger charge is 2.22. The number of nitrogens with zero attached hydrogens (tertiary/aromatic N) is 1. The number of hydrazine groups is 1. The summed E-state index contributed by atoms with van der Waals surface area (Å²) in [5, 5.41) is 4.16. The molecule has 0 aliphatic heterocycles. The molecule has 14 heavy (non-hydrogen) atoms. The highest BCUT2D eigenvalue weighted by molar-refractivity contribution is 5.86. The van der Waals surface area contributed by atoms with Crippen LogP contribution in [-0.2, 0) is 9.59 Å². The molecule has 5 heteroatoms. The van der Waals surface area contributed by atoms with Gasteiger partial charge < -0.3 is 5.32 Å². The van der Waals surface area contributed by atoms with E-state index in [1.54, 1.807) is 19.1 Å². The first kappa shape index (κ1) is 12.9. The van der Waals surface area contributed by atoms with Crippen LogP contribution in [0.5, 0.6) is 0 Å². The first-order chi connectivity index (χ1) is 6.34. The molecule has 5 nitrogen and oxygen atoms in total. The van der Waals surface area contributed by atoms with Crippen LogP contribution in [0.3, 0.4) is 0 Å². The number of rotatable bonds is 4. The lowest BCUT2D eigenvalue weighted by Crippen LogP contribution is -2.52. The Morgan fingerprint density at radius 3 is 2.00 bits per heavy atom. The first-order valence-electron chi connectivity index (χ1n) is 4.59. The summed E-state index contributed by atoms with van der Waals surface area (Å²) < 4.78 is 0. The van der Waals surface area contributed by atoms with E-state index in [1.807, 2.05) is 13.8 Å². The zero-order valence-electron chi connectivity index (χ0n) is 9.42. The lowest BCUT2D eigenvalue weighted by atomic mass is 10.0. The molecule has 2 N–H and O–H groups in total. The molecule has 1 atom stereocenters. The van der Waals surface area contributed by atoms with Gasteiger partial charge in [0.25, 0.3) is 5.91 Å². The molecule has 0 aromatic carbocycles. The molecular formula is C9H19N3O2. The van der Waals surface area contributed by atoms with Crippen molar-refractivity contribution in [2.75, 3.05) is 14.1 Å². The van der Waals surface area contributed by atoms with E-state index in [0.29, 0.717) is 0 Å². The first-order valence-corrected chi connectivity index (χ1v) is 4.59. The topological polar surface area (TPSA) is 61.4 Å².